The maximum Gasteiger partial charge on any atom is 0.231 e. The van der Waals surface area contributed by atoms with Gasteiger partial charge in [-0.15, -0.1) is 0 Å². The van der Waals surface area contributed by atoms with Gasteiger partial charge in [-0.05, 0) is 48.4 Å². The van der Waals surface area contributed by atoms with Crippen molar-refractivity contribution in [2.45, 2.75) is 12.8 Å². The molecular formula is C22H23FN2O4. The molecule has 2 aliphatic heterocycles. The van der Waals surface area contributed by atoms with Crippen LogP contribution in [-0.4, -0.2) is 61.0 Å². The highest BCUT2D eigenvalue weighted by Crippen LogP contribution is 2.32. The van der Waals surface area contributed by atoms with Gasteiger partial charge in [-0.25, -0.2) is 4.39 Å². The van der Waals surface area contributed by atoms with Crippen molar-refractivity contribution in [2.24, 2.45) is 0 Å². The lowest BCUT2D eigenvalue weighted by atomic mass is 10.1. The largest absolute Gasteiger partial charge is 0.454 e. The molecule has 2 heterocycles. The second-order valence-electron chi connectivity index (χ2n) is 7.27. The Balaban J connectivity index is 1.22. The topological polar surface area (TPSA) is 59.1 Å². The SMILES string of the molecule is O=C(CN1CCN(C(=O)CCc2ccc3c(c2)OCO3)CC1)c1ccc(F)cc1. The first kappa shape index (κ1) is 19.4. The third-order valence-corrected chi connectivity index (χ3v) is 5.32. The molecule has 29 heavy (non-hydrogen) atoms. The van der Waals surface area contributed by atoms with Gasteiger partial charge < -0.3 is 14.4 Å². The van der Waals surface area contributed by atoms with Crippen LogP contribution < -0.4 is 9.47 Å². The molecule has 0 saturated carbocycles. The molecule has 0 atom stereocenters. The zero-order valence-corrected chi connectivity index (χ0v) is 16.1. The molecule has 0 aliphatic carbocycles. The van der Waals surface area contributed by atoms with Gasteiger partial charge in [0.1, 0.15) is 5.82 Å². The van der Waals surface area contributed by atoms with Crippen LogP contribution in [-0.2, 0) is 11.2 Å². The number of rotatable bonds is 6. The van der Waals surface area contributed by atoms with Crippen LogP contribution in [0.4, 0.5) is 4.39 Å². The molecule has 4 rings (SSSR count). The molecular weight excluding hydrogens is 375 g/mol. The summed E-state index contributed by atoms with van der Waals surface area (Å²) in [6.45, 7) is 3.05. The first-order valence-electron chi connectivity index (χ1n) is 9.76. The van der Waals surface area contributed by atoms with Crippen LogP contribution in [0.5, 0.6) is 11.5 Å². The Hall–Kier alpha value is -2.93. The van der Waals surface area contributed by atoms with Gasteiger partial charge in [0.05, 0.1) is 6.54 Å². The highest BCUT2D eigenvalue weighted by atomic mass is 19.1. The smallest absolute Gasteiger partial charge is 0.231 e. The number of piperazine rings is 1. The number of Topliss-reactive ketones (excluding diaryl/α,β-unsaturated/α-hetero) is 1. The molecule has 2 aliphatic rings. The number of hydrogen-bond acceptors (Lipinski definition) is 5. The fraction of sp³-hybridized carbons (Fsp3) is 0.364. The van der Waals surface area contributed by atoms with E-state index in [0.29, 0.717) is 44.6 Å². The predicted octanol–water partition coefficient (Wildman–Crippen LogP) is 2.51. The molecule has 0 N–H and O–H groups in total. The minimum absolute atomic E-state index is 0.0346. The van der Waals surface area contributed by atoms with Crippen molar-refractivity contribution < 1.29 is 23.5 Å². The van der Waals surface area contributed by atoms with Crippen molar-refractivity contribution in [1.82, 2.24) is 9.80 Å². The Morgan fingerprint density at radius 2 is 1.66 bits per heavy atom. The van der Waals surface area contributed by atoms with E-state index in [2.05, 4.69) is 0 Å². The highest BCUT2D eigenvalue weighted by molar-refractivity contribution is 5.97. The number of fused-ring (bicyclic) bond motifs is 1. The number of ether oxygens (including phenoxy) is 2. The van der Waals surface area contributed by atoms with Crippen LogP contribution in [0.25, 0.3) is 0 Å². The Bertz CT molecular complexity index is 892. The van der Waals surface area contributed by atoms with Crippen LogP contribution in [0.2, 0.25) is 0 Å². The van der Waals surface area contributed by atoms with Crippen molar-refractivity contribution in [1.29, 1.82) is 0 Å². The van der Waals surface area contributed by atoms with Gasteiger partial charge in [0.15, 0.2) is 17.3 Å². The lowest BCUT2D eigenvalue weighted by molar-refractivity contribution is -0.132. The summed E-state index contributed by atoms with van der Waals surface area (Å²) in [4.78, 5) is 28.7. The van der Waals surface area contributed by atoms with Crippen LogP contribution in [0, 0.1) is 5.82 Å². The minimum atomic E-state index is -0.352. The Morgan fingerprint density at radius 1 is 0.931 bits per heavy atom. The van der Waals surface area contributed by atoms with Gasteiger partial charge in [-0.1, -0.05) is 6.07 Å². The number of halogens is 1. The van der Waals surface area contributed by atoms with E-state index in [9.17, 15) is 14.0 Å². The maximum absolute atomic E-state index is 13.0. The number of nitrogens with zero attached hydrogens (tertiary/aromatic N) is 2. The molecule has 0 aromatic heterocycles. The van der Waals surface area contributed by atoms with Gasteiger partial charge in [0, 0.05) is 38.2 Å². The summed E-state index contributed by atoms with van der Waals surface area (Å²) in [6.07, 6.45) is 1.09. The Labute approximate surface area is 168 Å². The summed E-state index contributed by atoms with van der Waals surface area (Å²) in [6, 6.07) is 11.4. The molecule has 6 nitrogen and oxygen atoms in total. The normalized spacial score (nSPS) is 16.1. The van der Waals surface area contributed by atoms with Crippen molar-refractivity contribution in [2.75, 3.05) is 39.5 Å². The number of carbonyl (C=O) groups is 2. The molecule has 152 valence electrons. The number of hydrogen-bond donors (Lipinski definition) is 0. The third-order valence-electron chi connectivity index (χ3n) is 5.32. The lowest BCUT2D eigenvalue weighted by Crippen LogP contribution is -2.49. The number of ketones is 1. The molecule has 0 radical (unpaired) electrons. The first-order valence-corrected chi connectivity index (χ1v) is 9.76. The summed E-state index contributed by atoms with van der Waals surface area (Å²) in [5.41, 5.74) is 1.56. The van der Waals surface area contributed by atoms with Gasteiger partial charge in [-0.2, -0.15) is 0 Å². The summed E-state index contributed by atoms with van der Waals surface area (Å²) in [5, 5.41) is 0. The van der Waals surface area contributed by atoms with Crippen LogP contribution >= 0.6 is 0 Å². The molecule has 0 unspecified atom stereocenters. The van der Waals surface area contributed by atoms with E-state index in [1.165, 1.54) is 24.3 Å². The van der Waals surface area contributed by atoms with E-state index in [1.807, 2.05) is 28.0 Å². The molecule has 0 spiro atoms. The fourth-order valence-electron chi connectivity index (χ4n) is 3.59. The standard InChI is InChI=1S/C22H23FN2O4/c23-18-5-3-17(4-6-18)19(26)14-24-9-11-25(12-10-24)22(27)8-2-16-1-7-20-21(13-16)29-15-28-20/h1,3-7,13H,2,8-12,14-15H2. The zero-order chi connectivity index (χ0) is 20.2. The molecule has 1 saturated heterocycles. The quantitative estimate of drug-likeness (QED) is 0.700. The molecule has 7 heteroatoms. The van der Waals surface area contributed by atoms with E-state index >= 15 is 0 Å². The van der Waals surface area contributed by atoms with Crippen molar-refractivity contribution in [3.05, 3.63) is 59.4 Å². The Morgan fingerprint density at radius 3 is 2.41 bits per heavy atom. The number of amides is 1. The molecule has 2 aromatic carbocycles. The van der Waals surface area contributed by atoms with E-state index in [0.717, 1.165) is 17.1 Å². The zero-order valence-electron chi connectivity index (χ0n) is 16.1. The number of carbonyl (C=O) groups excluding carboxylic acids is 2. The predicted molar refractivity (Wildman–Crippen MR) is 105 cm³/mol. The summed E-state index contributed by atoms with van der Waals surface area (Å²) < 4.78 is 23.7. The van der Waals surface area contributed by atoms with Gasteiger partial charge in [0.2, 0.25) is 12.7 Å². The molecule has 1 amide bonds. The minimum Gasteiger partial charge on any atom is -0.454 e. The average molecular weight is 398 g/mol. The fourth-order valence-corrected chi connectivity index (χ4v) is 3.59. The number of benzene rings is 2. The van der Waals surface area contributed by atoms with E-state index < -0.39 is 0 Å². The van der Waals surface area contributed by atoms with Crippen LogP contribution in [0.3, 0.4) is 0 Å². The average Bonchev–Trinajstić information content (AvgIpc) is 3.21. The first-order chi connectivity index (χ1) is 14.1. The van der Waals surface area contributed by atoms with E-state index in [1.54, 1.807) is 0 Å². The van der Waals surface area contributed by atoms with Crippen molar-refractivity contribution in [3.63, 3.8) is 0 Å². The van der Waals surface area contributed by atoms with Gasteiger partial charge >= 0.3 is 0 Å². The summed E-state index contributed by atoms with van der Waals surface area (Å²) in [5.74, 6) is 1.20. The highest BCUT2D eigenvalue weighted by Gasteiger charge is 2.23. The molecule has 1 fully saturated rings. The Kier molecular flexibility index (Phi) is 5.76. The van der Waals surface area contributed by atoms with Crippen LogP contribution in [0.1, 0.15) is 22.3 Å². The van der Waals surface area contributed by atoms with Crippen molar-refractivity contribution in [3.8, 4) is 11.5 Å². The molecule has 0 bridgehead atoms. The van der Waals surface area contributed by atoms with Gasteiger partial charge in [0.25, 0.3) is 0 Å². The van der Waals surface area contributed by atoms with E-state index in [4.69, 9.17) is 9.47 Å². The number of aryl methyl sites for hydroxylation is 1. The molecule has 2 aromatic rings. The van der Waals surface area contributed by atoms with Crippen molar-refractivity contribution >= 4 is 11.7 Å². The lowest BCUT2D eigenvalue weighted by Gasteiger charge is -2.34. The monoisotopic (exact) mass is 398 g/mol. The maximum atomic E-state index is 13.0. The second-order valence-corrected chi connectivity index (χ2v) is 7.27. The van der Waals surface area contributed by atoms with Gasteiger partial charge in [-0.3, -0.25) is 14.5 Å². The van der Waals surface area contributed by atoms with Crippen LogP contribution in [0.15, 0.2) is 42.5 Å². The summed E-state index contributed by atoms with van der Waals surface area (Å²) >= 11 is 0. The third kappa shape index (κ3) is 4.74. The second kappa shape index (κ2) is 8.61. The summed E-state index contributed by atoms with van der Waals surface area (Å²) in [7, 11) is 0. The van der Waals surface area contributed by atoms with E-state index in [-0.39, 0.29) is 30.8 Å².